The number of likely N-dealkylation sites (tertiary alicyclic amines) is 1. The standard InChI is InChI=1S/C25H33N3O2/c1-30-23-12-10-22(11-13-23)20-28-14-6-5-9-24(28)25(29)27-17-15-26(16-18-27)19-21-7-3-2-4-8-21/h2-4,7-8,10-13,24H,5-6,9,14-20H2,1H3/t24-/m0/s1. The second-order valence-corrected chi connectivity index (χ2v) is 8.42. The van der Waals surface area contributed by atoms with E-state index in [2.05, 4.69) is 57.2 Å². The van der Waals surface area contributed by atoms with Gasteiger partial charge in [-0.1, -0.05) is 48.9 Å². The smallest absolute Gasteiger partial charge is 0.240 e. The van der Waals surface area contributed by atoms with Gasteiger partial charge in [0.15, 0.2) is 0 Å². The van der Waals surface area contributed by atoms with Gasteiger partial charge < -0.3 is 9.64 Å². The van der Waals surface area contributed by atoms with Crippen molar-refractivity contribution in [1.82, 2.24) is 14.7 Å². The molecule has 160 valence electrons. The van der Waals surface area contributed by atoms with Crippen LogP contribution in [0.2, 0.25) is 0 Å². The van der Waals surface area contributed by atoms with E-state index in [9.17, 15) is 4.79 Å². The number of nitrogens with zero attached hydrogens (tertiary/aromatic N) is 3. The maximum absolute atomic E-state index is 13.4. The Balaban J connectivity index is 1.33. The van der Waals surface area contributed by atoms with Crippen molar-refractivity contribution in [1.29, 1.82) is 0 Å². The summed E-state index contributed by atoms with van der Waals surface area (Å²) in [5.74, 6) is 1.20. The molecule has 2 aromatic carbocycles. The van der Waals surface area contributed by atoms with Crippen molar-refractivity contribution in [2.24, 2.45) is 0 Å². The molecule has 5 heteroatoms. The Kier molecular flexibility index (Phi) is 7.03. The van der Waals surface area contributed by atoms with E-state index in [4.69, 9.17) is 4.74 Å². The van der Waals surface area contributed by atoms with Crippen LogP contribution in [0, 0.1) is 0 Å². The molecule has 2 aliphatic rings. The lowest BCUT2D eigenvalue weighted by Gasteiger charge is -2.41. The van der Waals surface area contributed by atoms with Crippen molar-refractivity contribution < 1.29 is 9.53 Å². The van der Waals surface area contributed by atoms with Crippen LogP contribution in [0.1, 0.15) is 30.4 Å². The van der Waals surface area contributed by atoms with Crippen molar-refractivity contribution in [2.45, 2.75) is 38.4 Å². The molecule has 1 amide bonds. The third kappa shape index (κ3) is 5.21. The first-order valence-corrected chi connectivity index (χ1v) is 11.1. The fraction of sp³-hybridized carbons (Fsp3) is 0.480. The number of carbonyl (C=O) groups is 1. The van der Waals surface area contributed by atoms with Gasteiger partial charge in [0.05, 0.1) is 13.2 Å². The second kappa shape index (κ2) is 10.1. The van der Waals surface area contributed by atoms with Crippen molar-refractivity contribution >= 4 is 5.91 Å². The van der Waals surface area contributed by atoms with Crippen molar-refractivity contribution in [3.63, 3.8) is 0 Å². The van der Waals surface area contributed by atoms with Crippen LogP contribution in [-0.4, -0.2) is 66.5 Å². The van der Waals surface area contributed by atoms with Crippen LogP contribution in [0.5, 0.6) is 5.75 Å². The summed E-state index contributed by atoms with van der Waals surface area (Å²) in [6.07, 6.45) is 3.29. The molecule has 0 radical (unpaired) electrons. The molecule has 0 spiro atoms. The molecule has 0 aromatic heterocycles. The summed E-state index contributed by atoms with van der Waals surface area (Å²) >= 11 is 0. The molecule has 2 saturated heterocycles. The number of hydrogen-bond donors (Lipinski definition) is 0. The van der Waals surface area contributed by atoms with Crippen LogP contribution < -0.4 is 4.74 Å². The highest BCUT2D eigenvalue weighted by Gasteiger charge is 2.33. The molecular weight excluding hydrogens is 374 g/mol. The van der Waals surface area contributed by atoms with Gasteiger partial charge in [-0.05, 0) is 42.6 Å². The molecule has 0 unspecified atom stereocenters. The Morgan fingerprint density at radius 3 is 2.27 bits per heavy atom. The van der Waals surface area contributed by atoms with Crippen LogP contribution in [-0.2, 0) is 17.9 Å². The first-order valence-electron chi connectivity index (χ1n) is 11.1. The van der Waals surface area contributed by atoms with E-state index in [1.165, 1.54) is 17.5 Å². The molecule has 4 rings (SSSR count). The van der Waals surface area contributed by atoms with Crippen LogP contribution in [0.25, 0.3) is 0 Å². The topological polar surface area (TPSA) is 36.0 Å². The zero-order chi connectivity index (χ0) is 20.8. The van der Waals surface area contributed by atoms with Gasteiger partial charge in [0.1, 0.15) is 5.75 Å². The quantitative estimate of drug-likeness (QED) is 0.735. The molecule has 0 aliphatic carbocycles. The van der Waals surface area contributed by atoms with E-state index in [1.54, 1.807) is 7.11 Å². The van der Waals surface area contributed by atoms with E-state index >= 15 is 0 Å². The Morgan fingerprint density at radius 2 is 1.57 bits per heavy atom. The van der Waals surface area contributed by atoms with Crippen LogP contribution in [0.3, 0.4) is 0 Å². The van der Waals surface area contributed by atoms with Crippen molar-refractivity contribution in [2.75, 3.05) is 39.8 Å². The number of ether oxygens (including phenoxy) is 1. The third-order valence-corrected chi connectivity index (χ3v) is 6.38. The number of benzene rings is 2. The van der Waals surface area contributed by atoms with Crippen LogP contribution in [0.15, 0.2) is 54.6 Å². The van der Waals surface area contributed by atoms with Gasteiger partial charge in [-0.2, -0.15) is 0 Å². The molecule has 0 N–H and O–H groups in total. The van der Waals surface area contributed by atoms with E-state index in [1.807, 2.05) is 12.1 Å². The zero-order valence-electron chi connectivity index (χ0n) is 18.0. The number of piperidine rings is 1. The van der Waals surface area contributed by atoms with E-state index in [0.29, 0.717) is 5.91 Å². The SMILES string of the molecule is COc1ccc(CN2CCCC[C@H]2C(=O)N2CCN(Cc3ccccc3)CC2)cc1. The third-order valence-electron chi connectivity index (χ3n) is 6.38. The number of hydrogen-bond acceptors (Lipinski definition) is 4. The molecule has 0 bridgehead atoms. The molecule has 0 saturated carbocycles. The highest BCUT2D eigenvalue weighted by molar-refractivity contribution is 5.82. The van der Waals surface area contributed by atoms with E-state index in [0.717, 1.165) is 64.4 Å². The highest BCUT2D eigenvalue weighted by atomic mass is 16.5. The Bertz CT molecular complexity index is 801. The average molecular weight is 408 g/mol. The van der Waals surface area contributed by atoms with Crippen molar-refractivity contribution in [3.05, 3.63) is 65.7 Å². The monoisotopic (exact) mass is 407 g/mol. The Morgan fingerprint density at radius 1 is 0.867 bits per heavy atom. The molecule has 5 nitrogen and oxygen atoms in total. The minimum absolute atomic E-state index is 0.0153. The fourth-order valence-electron chi connectivity index (χ4n) is 4.60. The summed E-state index contributed by atoms with van der Waals surface area (Å²) < 4.78 is 5.27. The predicted molar refractivity (Wildman–Crippen MR) is 119 cm³/mol. The molecular formula is C25H33N3O2. The second-order valence-electron chi connectivity index (χ2n) is 8.42. The lowest BCUT2D eigenvalue weighted by atomic mass is 9.99. The minimum atomic E-state index is 0.0153. The summed E-state index contributed by atoms with van der Waals surface area (Å²) in [7, 11) is 1.69. The predicted octanol–water partition coefficient (Wildman–Crippen LogP) is 3.39. The summed E-state index contributed by atoms with van der Waals surface area (Å²) in [6, 6.07) is 18.8. The van der Waals surface area contributed by atoms with Gasteiger partial charge in [0, 0.05) is 39.3 Å². The average Bonchev–Trinajstić information content (AvgIpc) is 2.81. The first-order chi connectivity index (χ1) is 14.7. The van der Waals surface area contributed by atoms with Gasteiger partial charge in [-0.25, -0.2) is 0 Å². The molecule has 2 aromatic rings. The number of amides is 1. The number of piperazine rings is 1. The summed E-state index contributed by atoms with van der Waals surface area (Å²) in [5, 5.41) is 0. The van der Waals surface area contributed by atoms with Crippen LogP contribution >= 0.6 is 0 Å². The maximum atomic E-state index is 13.4. The zero-order valence-corrected chi connectivity index (χ0v) is 18.0. The molecule has 30 heavy (non-hydrogen) atoms. The molecule has 2 fully saturated rings. The Labute approximate surface area is 180 Å². The van der Waals surface area contributed by atoms with E-state index in [-0.39, 0.29) is 6.04 Å². The molecule has 1 atom stereocenters. The number of methoxy groups -OCH3 is 1. The first kappa shape index (κ1) is 20.9. The van der Waals surface area contributed by atoms with Crippen LogP contribution in [0.4, 0.5) is 0 Å². The highest BCUT2D eigenvalue weighted by Crippen LogP contribution is 2.23. The van der Waals surface area contributed by atoms with Gasteiger partial charge in [-0.15, -0.1) is 0 Å². The summed E-state index contributed by atoms with van der Waals surface area (Å²) in [4.78, 5) is 20.3. The number of rotatable bonds is 6. The molecule has 2 aliphatic heterocycles. The largest absolute Gasteiger partial charge is 0.497 e. The number of carbonyl (C=O) groups excluding carboxylic acids is 1. The lowest BCUT2D eigenvalue weighted by molar-refractivity contribution is -0.140. The van der Waals surface area contributed by atoms with Gasteiger partial charge in [0.2, 0.25) is 5.91 Å². The van der Waals surface area contributed by atoms with Crippen molar-refractivity contribution in [3.8, 4) is 5.75 Å². The van der Waals surface area contributed by atoms with Gasteiger partial charge in [-0.3, -0.25) is 14.6 Å². The maximum Gasteiger partial charge on any atom is 0.240 e. The Hall–Kier alpha value is -2.37. The minimum Gasteiger partial charge on any atom is -0.497 e. The van der Waals surface area contributed by atoms with E-state index < -0.39 is 0 Å². The molecule has 2 heterocycles. The fourth-order valence-corrected chi connectivity index (χ4v) is 4.60. The van der Waals surface area contributed by atoms with Gasteiger partial charge in [0.25, 0.3) is 0 Å². The lowest BCUT2D eigenvalue weighted by Crippen LogP contribution is -2.55. The summed E-state index contributed by atoms with van der Waals surface area (Å²) in [6.45, 7) is 6.36. The normalized spacial score (nSPS) is 20.8. The summed E-state index contributed by atoms with van der Waals surface area (Å²) in [5.41, 5.74) is 2.58. The van der Waals surface area contributed by atoms with Gasteiger partial charge >= 0.3 is 0 Å².